The monoisotopic (exact) mass is 248 g/mol. The van der Waals surface area contributed by atoms with Gasteiger partial charge in [0.2, 0.25) is 0 Å². The summed E-state index contributed by atoms with van der Waals surface area (Å²) in [4.78, 5) is 0. The Kier molecular flexibility index (Phi) is 4.01. The van der Waals surface area contributed by atoms with Crippen molar-refractivity contribution in [3.63, 3.8) is 0 Å². The lowest BCUT2D eigenvalue weighted by Gasteiger charge is -2.47. The summed E-state index contributed by atoms with van der Waals surface area (Å²) in [5.74, 6) is 6.50. The molecule has 0 nitrogen and oxygen atoms in total. The first kappa shape index (κ1) is 13.0. The van der Waals surface area contributed by atoms with Gasteiger partial charge in [-0.1, -0.05) is 52.4 Å². The molecular weight excluding hydrogens is 216 g/mol. The second-order valence-electron chi connectivity index (χ2n) is 7.97. The fourth-order valence-corrected chi connectivity index (χ4v) is 5.65. The average molecular weight is 248 g/mol. The van der Waals surface area contributed by atoms with Crippen molar-refractivity contribution in [2.45, 2.75) is 78.1 Å². The summed E-state index contributed by atoms with van der Waals surface area (Å²) < 4.78 is 0. The van der Waals surface area contributed by atoms with Gasteiger partial charge in [-0.2, -0.15) is 0 Å². The maximum atomic E-state index is 2.50. The number of rotatable bonds is 0. The lowest BCUT2D eigenvalue weighted by Crippen LogP contribution is -2.38. The highest BCUT2D eigenvalue weighted by Gasteiger charge is 2.40. The van der Waals surface area contributed by atoms with Crippen LogP contribution >= 0.6 is 0 Å². The van der Waals surface area contributed by atoms with Gasteiger partial charge in [0.1, 0.15) is 0 Å². The summed E-state index contributed by atoms with van der Waals surface area (Å²) in [6, 6.07) is 0. The largest absolute Gasteiger partial charge is 0.0625 e. The molecule has 0 heteroatoms. The predicted octanol–water partition coefficient (Wildman–Crippen LogP) is 5.67. The van der Waals surface area contributed by atoms with Crippen molar-refractivity contribution in [2.75, 3.05) is 0 Å². The fraction of sp³-hybridized carbons (Fsp3) is 1.00. The Bertz CT molecular complexity index is 241. The van der Waals surface area contributed by atoms with Gasteiger partial charge in [-0.05, 0) is 61.2 Å². The van der Waals surface area contributed by atoms with Gasteiger partial charge in [-0.25, -0.2) is 0 Å². The van der Waals surface area contributed by atoms with E-state index in [9.17, 15) is 0 Å². The van der Waals surface area contributed by atoms with Crippen molar-refractivity contribution >= 4 is 0 Å². The van der Waals surface area contributed by atoms with Gasteiger partial charge in [-0.3, -0.25) is 0 Å². The highest BCUT2D eigenvalue weighted by Crippen LogP contribution is 2.50. The minimum Gasteiger partial charge on any atom is -0.0625 e. The van der Waals surface area contributed by atoms with E-state index in [2.05, 4.69) is 13.8 Å². The predicted molar refractivity (Wildman–Crippen MR) is 78.5 cm³/mol. The van der Waals surface area contributed by atoms with E-state index in [0.717, 1.165) is 35.5 Å². The van der Waals surface area contributed by atoms with Crippen LogP contribution in [0.4, 0.5) is 0 Å². The van der Waals surface area contributed by atoms with Crippen molar-refractivity contribution in [1.29, 1.82) is 0 Å². The Labute approximate surface area is 114 Å². The molecule has 0 N–H and O–H groups in total. The highest BCUT2D eigenvalue weighted by molar-refractivity contribution is 4.90. The lowest BCUT2D eigenvalue weighted by molar-refractivity contribution is 0.0310. The summed E-state index contributed by atoms with van der Waals surface area (Å²) in [5.41, 5.74) is 0. The van der Waals surface area contributed by atoms with Crippen LogP contribution in [0.1, 0.15) is 78.1 Å². The smallest absolute Gasteiger partial charge is 0.0355 e. The van der Waals surface area contributed by atoms with E-state index in [1.54, 1.807) is 38.5 Å². The summed E-state index contributed by atoms with van der Waals surface area (Å²) >= 11 is 0. The van der Waals surface area contributed by atoms with Gasteiger partial charge >= 0.3 is 0 Å². The summed E-state index contributed by atoms with van der Waals surface area (Å²) in [6.07, 6.45) is 15.5. The quantitative estimate of drug-likeness (QED) is 0.518. The molecule has 6 atom stereocenters. The van der Waals surface area contributed by atoms with E-state index in [1.807, 2.05) is 0 Å². The third-order valence-electron chi connectivity index (χ3n) is 6.56. The molecule has 104 valence electrons. The second-order valence-corrected chi connectivity index (χ2v) is 7.97. The van der Waals surface area contributed by atoms with Crippen LogP contribution in [0.3, 0.4) is 0 Å². The molecule has 0 aromatic rings. The molecule has 0 aromatic heterocycles. The molecule has 0 heterocycles. The van der Waals surface area contributed by atoms with Gasteiger partial charge < -0.3 is 0 Å². The van der Waals surface area contributed by atoms with Crippen LogP contribution in [0, 0.1) is 35.5 Å². The fourth-order valence-electron chi connectivity index (χ4n) is 5.65. The number of fused-ring (bicyclic) bond motifs is 3. The molecule has 6 unspecified atom stereocenters. The van der Waals surface area contributed by atoms with Crippen molar-refractivity contribution in [1.82, 2.24) is 0 Å². The van der Waals surface area contributed by atoms with Crippen molar-refractivity contribution in [3.05, 3.63) is 0 Å². The lowest BCUT2D eigenvalue weighted by atomic mass is 9.58. The summed E-state index contributed by atoms with van der Waals surface area (Å²) in [5, 5.41) is 0. The molecule has 3 aliphatic carbocycles. The third-order valence-corrected chi connectivity index (χ3v) is 6.56. The Hall–Kier alpha value is 0. The first-order chi connectivity index (χ1) is 8.74. The topological polar surface area (TPSA) is 0 Å². The van der Waals surface area contributed by atoms with Crippen molar-refractivity contribution in [2.24, 2.45) is 35.5 Å². The van der Waals surface area contributed by atoms with E-state index in [1.165, 1.54) is 25.7 Å². The zero-order valence-electron chi connectivity index (χ0n) is 12.5. The SMILES string of the molecule is CC1CCC2C(CCCCC3CC(C)CCC32)C1. The standard InChI is InChI=1S/C18H32/c1-13-7-9-17-15(11-13)5-3-4-6-16-12-14(2)8-10-18(16)17/h13-18H,3-12H2,1-2H3. The van der Waals surface area contributed by atoms with Gasteiger partial charge in [0.05, 0.1) is 0 Å². The molecule has 0 bridgehead atoms. The van der Waals surface area contributed by atoms with E-state index in [4.69, 9.17) is 0 Å². The molecule has 18 heavy (non-hydrogen) atoms. The van der Waals surface area contributed by atoms with E-state index >= 15 is 0 Å². The van der Waals surface area contributed by atoms with Crippen LogP contribution in [-0.4, -0.2) is 0 Å². The van der Waals surface area contributed by atoms with Gasteiger partial charge in [0.25, 0.3) is 0 Å². The molecule has 0 amide bonds. The molecule has 3 aliphatic rings. The molecule has 3 fully saturated rings. The molecule has 0 aromatic carbocycles. The van der Waals surface area contributed by atoms with Crippen LogP contribution in [-0.2, 0) is 0 Å². The Morgan fingerprint density at radius 1 is 0.556 bits per heavy atom. The molecule has 0 aliphatic heterocycles. The molecule has 0 saturated heterocycles. The van der Waals surface area contributed by atoms with Crippen LogP contribution < -0.4 is 0 Å². The first-order valence-electron chi connectivity index (χ1n) is 8.74. The highest BCUT2D eigenvalue weighted by atomic mass is 14.5. The molecule has 3 rings (SSSR count). The Morgan fingerprint density at radius 3 is 1.44 bits per heavy atom. The summed E-state index contributed by atoms with van der Waals surface area (Å²) in [7, 11) is 0. The third kappa shape index (κ3) is 2.63. The number of hydrogen-bond acceptors (Lipinski definition) is 0. The van der Waals surface area contributed by atoms with Crippen LogP contribution in [0.5, 0.6) is 0 Å². The average Bonchev–Trinajstić information content (AvgIpc) is 2.33. The number of hydrogen-bond donors (Lipinski definition) is 0. The van der Waals surface area contributed by atoms with Gasteiger partial charge in [-0.15, -0.1) is 0 Å². The zero-order chi connectivity index (χ0) is 12.5. The maximum Gasteiger partial charge on any atom is -0.0355 e. The second kappa shape index (κ2) is 5.55. The van der Waals surface area contributed by atoms with E-state index in [0.29, 0.717) is 0 Å². The Morgan fingerprint density at radius 2 is 1.00 bits per heavy atom. The normalized spacial score (nSPS) is 49.7. The van der Waals surface area contributed by atoms with Crippen LogP contribution in [0.25, 0.3) is 0 Å². The van der Waals surface area contributed by atoms with Gasteiger partial charge in [0, 0.05) is 0 Å². The molecule has 3 saturated carbocycles. The van der Waals surface area contributed by atoms with E-state index in [-0.39, 0.29) is 0 Å². The summed E-state index contributed by atoms with van der Waals surface area (Å²) in [6.45, 7) is 4.99. The zero-order valence-corrected chi connectivity index (χ0v) is 12.5. The maximum absolute atomic E-state index is 2.50. The van der Waals surface area contributed by atoms with Crippen LogP contribution in [0.15, 0.2) is 0 Å². The van der Waals surface area contributed by atoms with Crippen molar-refractivity contribution < 1.29 is 0 Å². The minimum absolute atomic E-state index is 1.02. The molecule has 0 spiro atoms. The van der Waals surface area contributed by atoms with E-state index < -0.39 is 0 Å². The minimum atomic E-state index is 1.02. The molecular formula is C18H32. The van der Waals surface area contributed by atoms with Crippen molar-refractivity contribution in [3.8, 4) is 0 Å². The van der Waals surface area contributed by atoms with Crippen LogP contribution in [0.2, 0.25) is 0 Å². The first-order valence-corrected chi connectivity index (χ1v) is 8.74. The van der Waals surface area contributed by atoms with Gasteiger partial charge in [0.15, 0.2) is 0 Å². The Balaban J connectivity index is 1.74. The molecule has 0 radical (unpaired) electrons.